The molecule has 1 saturated heterocycles. The molecule has 19 heavy (non-hydrogen) atoms. The molecule has 1 aliphatic rings. The molecule has 0 bridgehead atoms. The summed E-state index contributed by atoms with van der Waals surface area (Å²) < 4.78 is 56.0. The molecule has 0 unspecified atom stereocenters. The molecular weight excluding hydrogens is 243 g/mol. The Labute approximate surface area is 122 Å². The lowest BCUT2D eigenvalue weighted by Gasteiger charge is -2.32. The quantitative estimate of drug-likeness (QED) is 0.812. The Balaban J connectivity index is 2.38. The third kappa shape index (κ3) is 2.66. The van der Waals surface area contributed by atoms with E-state index in [1.807, 2.05) is 27.7 Å². The Hall–Kier alpha value is -0.975. The van der Waals surface area contributed by atoms with E-state index in [9.17, 15) is 5.11 Å². The molecular formula is C13H21BN2O3. The average Bonchev–Trinajstić information content (AvgIpc) is 2.64. The maximum absolute atomic E-state index is 10.4. The zero-order chi connectivity index (χ0) is 19.5. The Morgan fingerprint density at radius 3 is 2.05 bits per heavy atom. The van der Waals surface area contributed by atoms with Gasteiger partial charge in [-0.05, 0) is 41.4 Å². The van der Waals surface area contributed by atoms with Crippen LogP contribution in [0.2, 0.25) is 0 Å². The third-order valence-corrected chi connectivity index (χ3v) is 3.52. The van der Waals surface area contributed by atoms with Crippen molar-refractivity contribution in [1.82, 2.24) is 9.97 Å². The molecule has 1 aliphatic heterocycles. The van der Waals surface area contributed by atoms with Gasteiger partial charge in [0.05, 0.1) is 11.2 Å². The van der Waals surface area contributed by atoms with Crippen LogP contribution in [0.25, 0.3) is 0 Å². The fourth-order valence-corrected chi connectivity index (χ4v) is 1.63. The van der Waals surface area contributed by atoms with Gasteiger partial charge in [0.15, 0.2) is 5.82 Å². The number of aromatic nitrogens is 2. The minimum absolute atomic E-state index is 0.390. The van der Waals surface area contributed by atoms with Crippen molar-refractivity contribution in [1.29, 1.82) is 0 Å². The van der Waals surface area contributed by atoms with Gasteiger partial charge in [0.25, 0.3) is 0 Å². The predicted molar refractivity (Wildman–Crippen MR) is 73.0 cm³/mol. The second kappa shape index (κ2) is 4.26. The molecule has 1 aromatic rings. The Bertz CT molecular complexity index is 615. The van der Waals surface area contributed by atoms with Gasteiger partial charge in [-0.2, -0.15) is 0 Å². The first-order valence-electron chi connectivity index (χ1n) is 8.93. The summed E-state index contributed by atoms with van der Waals surface area (Å²) in [6.07, 6.45) is 2.40. The van der Waals surface area contributed by atoms with E-state index in [1.54, 1.807) is 0 Å². The molecule has 0 spiro atoms. The summed E-state index contributed by atoms with van der Waals surface area (Å²) in [6.45, 7) is 0.997. The predicted octanol–water partition coefficient (Wildman–Crippen LogP) is 1.00. The van der Waals surface area contributed by atoms with Gasteiger partial charge < -0.3 is 14.4 Å². The highest BCUT2D eigenvalue weighted by Gasteiger charge is 2.52. The van der Waals surface area contributed by atoms with Crippen molar-refractivity contribution in [3.63, 3.8) is 0 Å². The first kappa shape index (κ1) is 8.34. The minimum atomic E-state index is -3.23. The van der Waals surface area contributed by atoms with Gasteiger partial charge in [-0.15, -0.1) is 0 Å². The molecule has 104 valence electrons. The minimum Gasteiger partial charge on any atom is -0.399 e. The van der Waals surface area contributed by atoms with E-state index in [0.717, 1.165) is 0 Å². The highest BCUT2D eigenvalue weighted by molar-refractivity contribution is 6.61. The summed E-state index contributed by atoms with van der Waals surface area (Å²) in [4.78, 5) is 7.57. The summed E-state index contributed by atoms with van der Waals surface area (Å²) in [6, 6.07) is 0. The van der Waals surface area contributed by atoms with Crippen LogP contribution >= 0.6 is 0 Å². The normalized spacial score (nSPS) is 27.7. The van der Waals surface area contributed by atoms with E-state index in [2.05, 4.69) is 9.97 Å². The number of aliphatic hydroxyl groups is 1. The largest absolute Gasteiger partial charge is 0.498 e. The highest BCUT2D eigenvalue weighted by atomic mass is 16.7. The average molecular weight is 270 g/mol. The van der Waals surface area contributed by atoms with Crippen LogP contribution in [0.5, 0.6) is 0 Å². The van der Waals surface area contributed by atoms with E-state index in [0.29, 0.717) is 5.46 Å². The van der Waals surface area contributed by atoms with Crippen LogP contribution in [-0.4, -0.2) is 33.4 Å². The second-order valence-electron chi connectivity index (χ2n) is 5.64. The van der Waals surface area contributed by atoms with Crippen LogP contribution in [0, 0.1) is 0 Å². The van der Waals surface area contributed by atoms with Crippen molar-refractivity contribution in [3.05, 3.63) is 18.2 Å². The zero-order valence-electron chi connectivity index (χ0n) is 17.4. The van der Waals surface area contributed by atoms with Crippen LogP contribution in [0.15, 0.2) is 12.4 Å². The summed E-state index contributed by atoms with van der Waals surface area (Å²) in [5, 5.41) is 10.4. The Morgan fingerprint density at radius 2 is 1.63 bits per heavy atom. The summed E-state index contributed by atoms with van der Waals surface area (Å²) in [5.74, 6) is -0.701. The van der Waals surface area contributed by atoms with E-state index in [4.69, 9.17) is 17.5 Å². The molecule has 0 saturated carbocycles. The fraction of sp³-hybridized carbons (Fsp3) is 0.692. The number of nitrogens with zero attached hydrogens (tertiary/aromatic N) is 2. The van der Waals surface area contributed by atoms with Gasteiger partial charge >= 0.3 is 7.12 Å². The van der Waals surface area contributed by atoms with Crippen LogP contribution in [0.1, 0.15) is 55.4 Å². The Kier molecular flexibility index (Phi) is 1.87. The van der Waals surface area contributed by atoms with Crippen molar-refractivity contribution in [2.45, 2.75) is 58.2 Å². The highest BCUT2D eigenvalue weighted by Crippen LogP contribution is 2.36. The molecule has 0 atom stereocenters. The maximum Gasteiger partial charge on any atom is 0.498 e. The first-order chi connectivity index (χ1) is 11.0. The lowest BCUT2D eigenvalue weighted by Crippen LogP contribution is -2.41. The lowest BCUT2D eigenvalue weighted by molar-refractivity contribution is 0.00578. The topological polar surface area (TPSA) is 64.5 Å². The molecule has 0 aromatic carbocycles. The van der Waals surface area contributed by atoms with Gasteiger partial charge in [0.1, 0.15) is 5.60 Å². The number of hydrogen-bond acceptors (Lipinski definition) is 5. The van der Waals surface area contributed by atoms with Crippen LogP contribution in [-0.2, 0) is 14.9 Å². The maximum atomic E-state index is 10.4. The molecule has 1 aromatic heterocycles. The van der Waals surface area contributed by atoms with E-state index < -0.39 is 43.4 Å². The van der Waals surface area contributed by atoms with Crippen LogP contribution in [0.3, 0.4) is 0 Å². The van der Waals surface area contributed by atoms with Crippen molar-refractivity contribution >= 4 is 12.6 Å². The van der Waals surface area contributed by atoms with Crippen molar-refractivity contribution in [3.8, 4) is 0 Å². The number of hydrogen-bond donors (Lipinski definition) is 1. The zero-order valence-corrected chi connectivity index (χ0v) is 11.4. The van der Waals surface area contributed by atoms with Crippen molar-refractivity contribution in [2.75, 3.05) is 0 Å². The summed E-state index contributed by atoms with van der Waals surface area (Å²) in [7, 11) is -0.785. The Morgan fingerprint density at radius 1 is 1.16 bits per heavy atom. The second-order valence-corrected chi connectivity index (χ2v) is 5.64. The molecule has 2 heterocycles. The monoisotopic (exact) mass is 270 g/mol. The smallest absolute Gasteiger partial charge is 0.399 e. The van der Waals surface area contributed by atoms with E-state index in [-0.39, 0.29) is 0 Å². The summed E-state index contributed by atoms with van der Waals surface area (Å²) >= 11 is 0. The SMILES string of the molecule is [2H]C([2H])([2H])C(O)(c1ncc(B2OC(C)(C)C(C)(C)O2)cn1)C([2H])([2H])[2H]. The lowest BCUT2D eigenvalue weighted by atomic mass is 9.81. The molecule has 0 amide bonds. The van der Waals surface area contributed by atoms with Crippen LogP contribution in [0.4, 0.5) is 0 Å². The molecule has 1 N–H and O–H groups in total. The fourth-order valence-electron chi connectivity index (χ4n) is 1.63. The van der Waals surface area contributed by atoms with Crippen molar-refractivity contribution < 1.29 is 22.6 Å². The number of rotatable bonds is 2. The molecule has 2 rings (SSSR count). The first-order valence-corrected chi connectivity index (χ1v) is 5.93. The molecule has 0 radical (unpaired) electrons. The molecule has 1 fully saturated rings. The van der Waals surface area contributed by atoms with Crippen molar-refractivity contribution in [2.24, 2.45) is 0 Å². The van der Waals surface area contributed by atoms with E-state index >= 15 is 0 Å². The molecule has 5 nitrogen and oxygen atoms in total. The van der Waals surface area contributed by atoms with Crippen LogP contribution < -0.4 is 5.46 Å². The standard InChI is InChI=1S/C13H21BN2O3/c1-11(2,17)10-15-7-9(8-16-10)14-18-12(3,4)13(5,6)19-14/h7-8,17H,1-6H3/i1D3,2D3. The van der Waals surface area contributed by atoms with Gasteiger partial charge in [-0.3, -0.25) is 0 Å². The van der Waals surface area contributed by atoms with Gasteiger partial charge in [0, 0.05) is 26.1 Å². The van der Waals surface area contributed by atoms with Gasteiger partial charge in [-0.1, -0.05) is 0 Å². The van der Waals surface area contributed by atoms with Gasteiger partial charge in [0.2, 0.25) is 0 Å². The summed E-state index contributed by atoms with van der Waals surface area (Å²) in [5.41, 5.74) is -3.96. The van der Waals surface area contributed by atoms with E-state index in [1.165, 1.54) is 12.4 Å². The molecule has 0 aliphatic carbocycles. The van der Waals surface area contributed by atoms with Gasteiger partial charge in [-0.25, -0.2) is 9.97 Å². The third-order valence-electron chi connectivity index (χ3n) is 3.52. The molecule has 6 heteroatoms.